The highest BCUT2D eigenvalue weighted by Gasteiger charge is 2.18. The second-order valence-electron chi connectivity index (χ2n) is 4.68. The molecule has 1 aliphatic heterocycles. The van der Waals surface area contributed by atoms with E-state index in [0.717, 1.165) is 32.0 Å². The number of aliphatic hydroxyl groups is 1. The smallest absolute Gasteiger partial charge is 0.126 e. The van der Waals surface area contributed by atoms with E-state index in [-0.39, 0.29) is 6.61 Å². The topological polar surface area (TPSA) is 23.5 Å². The number of hydrogen-bond acceptors (Lipinski definition) is 2. The molecule has 0 amide bonds. The number of rotatable bonds is 3. The molecule has 2 rings (SSSR count). The molecule has 0 unspecified atom stereocenters. The molecule has 1 heterocycles. The van der Waals surface area contributed by atoms with Crippen molar-refractivity contribution in [2.75, 3.05) is 19.7 Å². The van der Waals surface area contributed by atoms with Crippen LogP contribution in [0.1, 0.15) is 18.4 Å². The van der Waals surface area contributed by atoms with Crippen LogP contribution in [-0.2, 0) is 6.54 Å². The van der Waals surface area contributed by atoms with Gasteiger partial charge < -0.3 is 5.11 Å². The number of likely N-dealkylation sites (tertiary alicyclic amines) is 1. The molecule has 0 aromatic heterocycles. The van der Waals surface area contributed by atoms with Gasteiger partial charge in [-0.25, -0.2) is 8.78 Å². The summed E-state index contributed by atoms with van der Waals surface area (Å²) >= 11 is 0. The summed E-state index contributed by atoms with van der Waals surface area (Å²) in [7, 11) is 0. The molecule has 0 atom stereocenters. The molecule has 1 saturated heterocycles. The molecule has 1 aromatic rings. The predicted octanol–water partition coefficient (Wildman–Crippen LogP) is 2.17. The summed E-state index contributed by atoms with van der Waals surface area (Å²) in [6.45, 7) is 2.57. The van der Waals surface area contributed by atoms with Crippen molar-refractivity contribution in [2.45, 2.75) is 19.4 Å². The summed E-state index contributed by atoms with van der Waals surface area (Å²) in [5.74, 6) is -0.661. The summed E-state index contributed by atoms with van der Waals surface area (Å²) in [6.07, 6.45) is 1.91. The molecule has 0 radical (unpaired) electrons. The van der Waals surface area contributed by atoms with Crippen LogP contribution in [0, 0.1) is 17.6 Å². The van der Waals surface area contributed by atoms with Crippen LogP contribution >= 0.6 is 0 Å². The first-order valence-electron chi connectivity index (χ1n) is 5.95. The molecule has 0 aliphatic carbocycles. The average molecular weight is 241 g/mol. The van der Waals surface area contributed by atoms with Crippen LogP contribution in [0.2, 0.25) is 0 Å². The van der Waals surface area contributed by atoms with Crippen LogP contribution in [-0.4, -0.2) is 29.7 Å². The van der Waals surface area contributed by atoms with E-state index in [1.54, 1.807) is 0 Å². The molecule has 2 nitrogen and oxygen atoms in total. The van der Waals surface area contributed by atoms with Crippen LogP contribution in [0.25, 0.3) is 0 Å². The van der Waals surface area contributed by atoms with Gasteiger partial charge in [0.2, 0.25) is 0 Å². The van der Waals surface area contributed by atoms with E-state index >= 15 is 0 Å². The quantitative estimate of drug-likeness (QED) is 0.876. The van der Waals surface area contributed by atoms with E-state index in [1.165, 1.54) is 12.1 Å². The maximum absolute atomic E-state index is 13.0. The first-order chi connectivity index (χ1) is 8.17. The molecule has 1 aromatic carbocycles. The van der Waals surface area contributed by atoms with E-state index in [2.05, 4.69) is 4.90 Å². The lowest BCUT2D eigenvalue weighted by molar-refractivity contribution is 0.127. The van der Waals surface area contributed by atoms with Crippen molar-refractivity contribution in [2.24, 2.45) is 5.92 Å². The number of aliphatic hydroxyl groups excluding tert-OH is 1. The molecule has 0 bridgehead atoms. The first kappa shape index (κ1) is 12.5. The number of benzene rings is 1. The fourth-order valence-corrected chi connectivity index (χ4v) is 2.29. The lowest BCUT2D eigenvalue weighted by atomic mass is 9.97. The molecule has 0 saturated carbocycles. The summed E-state index contributed by atoms with van der Waals surface area (Å²) in [5.41, 5.74) is 0.671. The van der Waals surface area contributed by atoms with Crippen molar-refractivity contribution in [3.05, 3.63) is 35.4 Å². The van der Waals surface area contributed by atoms with Crippen molar-refractivity contribution < 1.29 is 13.9 Å². The zero-order valence-electron chi connectivity index (χ0n) is 9.70. The van der Waals surface area contributed by atoms with Gasteiger partial charge in [0.15, 0.2) is 0 Å². The predicted molar refractivity (Wildman–Crippen MR) is 61.4 cm³/mol. The number of hydrogen-bond donors (Lipinski definition) is 1. The number of piperidine rings is 1. The van der Waals surface area contributed by atoms with E-state index in [0.29, 0.717) is 18.0 Å². The lowest BCUT2D eigenvalue weighted by Crippen LogP contribution is -2.34. The third kappa shape index (κ3) is 3.48. The Kier molecular flexibility index (Phi) is 4.07. The summed E-state index contributed by atoms with van der Waals surface area (Å²) in [4.78, 5) is 2.17. The molecular weight excluding hydrogens is 224 g/mol. The second-order valence-corrected chi connectivity index (χ2v) is 4.68. The molecule has 94 valence electrons. The summed E-state index contributed by atoms with van der Waals surface area (Å²) < 4.78 is 26.0. The Balaban J connectivity index is 1.93. The highest BCUT2D eigenvalue weighted by molar-refractivity contribution is 5.17. The Morgan fingerprint density at radius 3 is 2.24 bits per heavy atom. The van der Waals surface area contributed by atoms with Crippen LogP contribution in [0.3, 0.4) is 0 Å². The fourth-order valence-electron chi connectivity index (χ4n) is 2.29. The Hall–Kier alpha value is -1.00. The Labute approximate surface area is 99.9 Å². The minimum Gasteiger partial charge on any atom is -0.396 e. The van der Waals surface area contributed by atoms with E-state index in [9.17, 15) is 8.78 Å². The molecule has 17 heavy (non-hydrogen) atoms. The minimum absolute atomic E-state index is 0.239. The zero-order chi connectivity index (χ0) is 12.3. The molecule has 4 heteroatoms. The van der Waals surface area contributed by atoms with Crippen molar-refractivity contribution in [3.63, 3.8) is 0 Å². The fraction of sp³-hybridized carbons (Fsp3) is 0.538. The highest BCUT2D eigenvalue weighted by Crippen LogP contribution is 2.19. The van der Waals surface area contributed by atoms with Crippen molar-refractivity contribution in [1.29, 1.82) is 0 Å². The van der Waals surface area contributed by atoms with Gasteiger partial charge in [0.1, 0.15) is 11.6 Å². The van der Waals surface area contributed by atoms with E-state index in [1.807, 2.05) is 0 Å². The normalized spacial score (nSPS) is 18.5. The van der Waals surface area contributed by atoms with E-state index in [4.69, 9.17) is 5.11 Å². The van der Waals surface area contributed by atoms with Gasteiger partial charge in [-0.2, -0.15) is 0 Å². The number of halogens is 2. The van der Waals surface area contributed by atoms with Crippen LogP contribution in [0.15, 0.2) is 18.2 Å². The minimum atomic E-state index is -0.523. The highest BCUT2D eigenvalue weighted by atomic mass is 19.1. The maximum Gasteiger partial charge on any atom is 0.126 e. The SMILES string of the molecule is OCC1CCN(Cc2cc(F)cc(F)c2)CC1. The molecular formula is C13H17F2NO. The van der Waals surface area contributed by atoms with Crippen molar-refractivity contribution in [1.82, 2.24) is 4.90 Å². The van der Waals surface area contributed by atoms with Crippen LogP contribution < -0.4 is 0 Å². The lowest BCUT2D eigenvalue weighted by Gasteiger charge is -2.31. The van der Waals surface area contributed by atoms with Gasteiger partial charge in [0, 0.05) is 19.2 Å². The van der Waals surface area contributed by atoms with Crippen molar-refractivity contribution >= 4 is 0 Å². The van der Waals surface area contributed by atoms with Gasteiger partial charge in [-0.05, 0) is 49.5 Å². The van der Waals surface area contributed by atoms with Gasteiger partial charge in [-0.15, -0.1) is 0 Å². The third-order valence-corrected chi connectivity index (χ3v) is 3.29. The molecule has 0 spiro atoms. The van der Waals surface area contributed by atoms with Crippen molar-refractivity contribution in [3.8, 4) is 0 Å². The van der Waals surface area contributed by atoms with Gasteiger partial charge >= 0.3 is 0 Å². The maximum atomic E-state index is 13.0. The second kappa shape index (κ2) is 5.56. The summed E-state index contributed by atoms with van der Waals surface area (Å²) in [5, 5.41) is 9.02. The molecule has 1 fully saturated rings. The number of nitrogens with zero attached hydrogens (tertiary/aromatic N) is 1. The first-order valence-corrected chi connectivity index (χ1v) is 5.95. The zero-order valence-corrected chi connectivity index (χ0v) is 9.70. The van der Waals surface area contributed by atoms with Gasteiger partial charge in [0.05, 0.1) is 0 Å². The third-order valence-electron chi connectivity index (χ3n) is 3.29. The van der Waals surface area contributed by atoms with Crippen LogP contribution in [0.4, 0.5) is 8.78 Å². The van der Waals surface area contributed by atoms with Gasteiger partial charge in [-0.3, -0.25) is 4.90 Å². The van der Waals surface area contributed by atoms with E-state index < -0.39 is 11.6 Å². The van der Waals surface area contributed by atoms with Gasteiger partial charge in [-0.1, -0.05) is 0 Å². The largest absolute Gasteiger partial charge is 0.396 e. The van der Waals surface area contributed by atoms with Gasteiger partial charge in [0.25, 0.3) is 0 Å². The summed E-state index contributed by atoms with van der Waals surface area (Å²) in [6, 6.07) is 3.64. The standard InChI is InChI=1S/C13H17F2NO/c14-12-5-11(6-13(15)7-12)8-16-3-1-10(9-17)2-4-16/h5-7,10,17H,1-4,8-9H2. The molecule has 1 N–H and O–H groups in total. The Morgan fingerprint density at radius 2 is 1.71 bits per heavy atom. The molecule has 1 aliphatic rings. The Bertz CT molecular complexity index is 355. The monoisotopic (exact) mass is 241 g/mol. The average Bonchev–Trinajstić information content (AvgIpc) is 2.28. The Morgan fingerprint density at radius 1 is 1.12 bits per heavy atom. The van der Waals surface area contributed by atoms with Crippen LogP contribution in [0.5, 0.6) is 0 Å².